The predicted octanol–water partition coefficient (Wildman–Crippen LogP) is 3.91. The standard InChI is InChI=1S/C20H23NO2/c1-14-12-16(8-10-19(14)23-3)9-11-20(22)21-15(2)13-17-6-4-5-7-18(17)21/h4-8,10,12,15H,9,11,13H2,1-3H3. The number of fused-ring (bicyclic) bond motifs is 1. The zero-order valence-corrected chi connectivity index (χ0v) is 14.0. The number of hydrogen-bond donors (Lipinski definition) is 0. The molecule has 3 heteroatoms. The number of aryl methyl sites for hydroxylation is 2. The van der Waals surface area contributed by atoms with Crippen molar-refractivity contribution in [1.29, 1.82) is 0 Å². The van der Waals surface area contributed by atoms with Crippen LogP contribution in [-0.2, 0) is 17.6 Å². The van der Waals surface area contributed by atoms with Gasteiger partial charge in [-0.3, -0.25) is 4.79 Å². The van der Waals surface area contributed by atoms with E-state index in [1.165, 1.54) is 11.1 Å². The van der Waals surface area contributed by atoms with Crippen molar-refractivity contribution in [2.75, 3.05) is 12.0 Å². The Bertz CT molecular complexity index is 723. The second-order valence-electron chi connectivity index (χ2n) is 6.25. The van der Waals surface area contributed by atoms with E-state index in [0.717, 1.165) is 29.8 Å². The second kappa shape index (κ2) is 6.45. The van der Waals surface area contributed by atoms with Gasteiger partial charge in [0.05, 0.1) is 7.11 Å². The molecule has 2 aromatic carbocycles. The molecule has 1 atom stereocenters. The minimum Gasteiger partial charge on any atom is -0.496 e. The van der Waals surface area contributed by atoms with Crippen molar-refractivity contribution in [3.8, 4) is 5.75 Å². The van der Waals surface area contributed by atoms with Gasteiger partial charge >= 0.3 is 0 Å². The minimum absolute atomic E-state index is 0.205. The van der Waals surface area contributed by atoms with Crippen LogP contribution in [0.2, 0.25) is 0 Å². The summed E-state index contributed by atoms with van der Waals surface area (Å²) in [5, 5.41) is 0. The molecule has 1 amide bonds. The van der Waals surface area contributed by atoms with E-state index in [2.05, 4.69) is 19.1 Å². The van der Waals surface area contributed by atoms with E-state index in [9.17, 15) is 4.79 Å². The summed E-state index contributed by atoms with van der Waals surface area (Å²) in [4.78, 5) is 14.7. The molecule has 0 aliphatic carbocycles. The van der Waals surface area contributed by atoms with Crippen molar-refractivity contribution in [3.05, 3.63) is 59.2 Å². The molecule has 3 rings (SSSR count). The maximum absolute atomic E-state index is 12.7. The molecule has 23 heavy (non-hydrogen) atoms. The molecule has 0 aromatic heterocycles. The zero-order chi connectivity index (χ0) is 16.4. The van der Waals surface area contributed by atoms with Gasteiger partial charge in [0.25, 0.3) is 0 Å². The number of methoxy groups -OCH3 is 1. The fourth-order valence-electron chi connectivity index (χ4n) is 3.41. The van der Waals surface area contributed by atoms with Crippen LogP contribution in [0.5, 0.6) is 5.75 Å². The number of benzene rings is 2. The smallest absolute Gasteiger partial charge is 0.227 e. The second-order valence-corrected chi connectivity index (χ2v) is 6.25. The van der Waals surface area contributed by atoms with Gasteiger partial charge in [-0.2, -0.15) is 0 Å². The third-order valence-corrected chi connectivity index (χ3v) is 4.56. The molecule has 1 heterocycles. The molecule has 0 N–H and O–H groups in total. The Morgan fingerprint density at radius 2 is 2.04 bits per heavy atom. The Balaban J connectivity index is 1.69. The van der Waals surface area contributed by atoms with Crippen molar-refractivity contribution in [1.82, 2.24) is 0 Å². The lowest BCUT2D eigenvalue weighted by molar-refractivity contribution is -0.118. The van der Waals surface area contributed by atoms with Gasteiger partial charge in [0.2, 0.25) is 5.91 Å². The normalized spacial score (nSPS) is 16.3. The Morgan fingerprint density at radius 1 is 1.26 bits per heavy atom. The quantitative estimate of drug-likeness (QED) is 0.857. The van der Waals surface area contributed by atoms with Gasteiger partial charge in [0.1, 0.15) is 5.75 Å². The fourth-order valence-corrected chi connectivity index (χ4v) is 3.41. The van der Waals surface area contributed by atoms with E-state index < -0.39 is 0 Å². The van der Waals surface area contributed by atoms with Crippen LogP contribution < -0.4 is 9.64 Å². The highest BCUT2D eigenvalue weighted by Crippen LogP contribution is 2.32. The Labute approximate surface area is 137 Å². The van der Waals surface area contributed by atoms with Crippen molar-refractivity contribution in [2.24, 2.45) is 0 Å². The number of amides is 1. The van der Waals surface area contributed by atoms with Crippen molar-refractivity contribution < 1.29 is 9.53 Å². The highest BCUT2D eigenvalue weighted by molar-refractivity contribution is 5.96. The van der Waals surface area contributed by atoms with E-state index in [1.807, 2.05) is 42.2 Å². The van der Waals surface area contributed by atoms with Gasteiger partial charge in [-0.25, -0.2) is 0 Å². The highest BCUT2D eigenvalue weighted by Gasteiger charge is 2.29. The van der Waals surface area contributed by atoms with Gasteiger partial charge in [-0.1, -0.05) is 30.3 Å². The Kier molecular flexibility index (Phi) is 4.37. The molecular formula is C20H23NO2. The maximum atomic E-state index is 12.7. The fraction of sp³-hybridized carbons (Fsp3) is 0.350. The van der Waals surface area contributed by atoms with Crippen LogP contribution >= 0.6 is 0 Å². The average molecular weight is 309 g/mol. The molecule has 3 nitrogen and oxygen atoms in total. The van der Waals surface area contributed by atoms with Gasteiger partial charge in [-0.15, -0.1) is 0 Å². The Hall–Kier alpha value is -2.29. The molecule has 2 aromatic rings. The summed E-state index contributed by atoms with van der Waals surface area (Å²) in [5.41, 5.74) is 4.64. The van der Waals surface area contributed by atoms with E-state index in [1.54, 1.807) is 7.11 Å². The van der Waals surface area contributed by atoms with Crippen LogP contribution in [0.1, 0.15) is 30.0 Å². The first-order valence-corrected chi connectivity index (χ1v) is 8.13. The van der Waals surface area contributed by atoms with Gasteiger partial charge < -0.3 is 9.64 Å². The number of rotatable bonds is 4. The topological polar surface area (TPSA) is 29.5 Å². The van der Waals surface area contributed by atoms with Crippen molar-refractivity contribution >= 4 is 11.6 Å². The van der Waals surface area contributed by atoms with Crippen LogP contribution in [0.25, 0.3) is 0 Å². The van der Waals surface area contributed by atoms with Crippen LogP contribution in [-0.4, -0.2) is 19.1 Å². The number of carbonyl (C=O) groups excluding carboxylic acids is 1. The molecule has 0 radical (unpaired) electrons. The lowest BCUT2D eigenvalue weighted by Crippen LogP contribution is -2.35. The number of nitrogens with zero attached hydrogens (tertiary/aromatic N) is 1. The maximum Gasteiger partial charge on any atom is 0.227 e. The number of anilines is 1. The summed E-state index contributed by atoms with van der Waals surface area (Å²) in [6, 6.07) is 14.6. The van der Waals surface area contributed by atoms with Crippen LogP contribution in [0.4, 0.5) is 5.69 Å². The van der Waals surface area contributed by atoms with E-state index >= 15 is 0 Å². The Morgan fingerprint density at radius 3 is 2.78 bits per heavy atom. The number of ether oxygens (including phenoxy) is 1. The van der Waals surface area contributed by atoms with Crippen LogP contribution in [0, 0.1) is 6.92 Å². The third-order valence-electron chi connectivity index (χ3n) is 4.56. The zero-order valence-electron chi connectivity index (χ0n) is 14.0. The SMILES string of the molecule is COc1ccc(CCC(=O)N2c3ccccc3CC2C)cc1C. The summed E-state index contributed by atoms with van der Waals surface area (Å²) in [6.07, 6.45) is 2.24. The van der Waals surface area contributed by atoms with Crippen LogP contribution in [0.3, 0.4) is 0 Å². The highest BCUT2D eigenvalue weighted by atomic mass is 16.5. The average Bonchev–Trinajstić information content (AvgIpc) is 2.88. The molecule has 0 fully saturated rings. The van der Waals surface area contributed by atoms with E-state index in [4.69, 9.17) is 4.74 Å². The third kappa shape index (κ3) is 3.09. The molecule has 0 saturated heterocycles. The number of para-hydroxylation sites is 1. The molecule has 1 unspecified atom stereocenters. The van der Waals surface area contributed by atoms with E-state index in [0.29, 0.717) is 6.42 Å². The minimum atomic E-state index is 0.205. The molecule has 120 valence electrons. The molecule has 0 saturated carbocycles. The molecular weight excluding hydrogens is 286 g/mol. The molecule has 0 bridgehead atoms. The van der Waals surface area contributed by atoms with Crippen molar-refractivity contribution in [2.45, 2.75) is 39.2 Å². The van der Waals surface area contributed by atoms with Gasteiger partial charge in [0, 0.05) is 18.2 Å². The first-order valence-electron chi connectivity index (χ1n) is 8.13. The van der Waals surface area contributed by atoms with Gasteiger partial charge in [-0.05, 0) is 55.5 Å². The summed E-state index contributed by atoms with van der Waals surface area (Å²) in [5.74, 6) is 1.10. The van der Waals surface area contributed by atoms with E-state index in [-0.39, 0.29) is 11.9 Å². The first-order chi connectivity index (χ1) is 11.1. The van der Waals surface area contributed by atoms with Crippen molar-refractivity contribution in [3.63, 3.8) is 0 Å². The molecule has 1 aliphatic rings. The lowest BCUT2D eigenvalue weighted by atomic mass is 10.1. The first kappa shape index (κ1) is 15.6. The lowest BCUT2D eigenvalue weighted by Gasteiger charge is -2.22. The molecule has 1 aliphatic heterocycles. The predicted molar refractivity (Wildman–Crippen MR) is 93.1 cm³/mol. The number of hydrogen-bond acceptors (Lipinski definition) is 2. The number of carbonyl (C=O) groups is 1. The largest absolute Gasteiger partial charge is 0.496 e. The summed E-state index contributed by atoms with van der Waals surface area (Å²) in [7, 11) is 1.68. The molecule has 0 spiro atoms. The summed E-state index contributed by atoms with van der Waals surface area (Å²) < 4.78 is 5.28. The summed E-state index contributed by atoms with van der Waals surface area (Å²) >= 11 is 0. The van der Waals surface area contributed by atoms with Crippen LogP contribution in [0.15, 0.2) is 42.5 Å². The van der Waals surface area contributed by atoms with Gasteiger partial charge in [0.15, 0.2) is 0 Å². The summed E-state index contributed by atoms with van der Waals surface area (Å²) in [6.45, 7) is 4.15. The monoisotopic (exact) mass is 309 g/mol.